The summed E-state index contributed by atoms with van der Waals surface area (Å²) in [7, 11) is 0. The van der Waals surface area contributed by atoms with Crippen molar-refractivity contribution in [2.24, 2.45) is 0 Å². The Hall–Kier alpha value is -2.82. The van der Waals surface area contributed by atoms with E-state index in [-0.39, 0.29) is 17.1 Å². The van der Waals surface area contributed by atoms with E-state index in [9.17, 15) is 4.79 Å². The Morgan fingerprint density at radius 3 is 2.55 bits per heavy atom. The summed E-state index contributed by atoms with van der Waals surface area (Å²) in [5.41, 5.74) is 4.09. The lowest BCUT2D eigenvalue weighted by Crippen LogP contribution is -2.09. The molecule has 0 bridgehead atoms. The molecular weight excluding hydrogens is 371 g/mol. The highest BCUT2D eigenvalue weighted by molar-refractivity contribution is 5.82. The topological polar surface area (TPSA) is 48.7 Å². The number of aryl methyl sites for hydroxylation is 1. The normalized spacial score (nSPS) is 10.8. The number of halogens is 1. The number of furan rings is 1. The van der Waals surface area contributed by atoms with E-state index < -0.39 is 0 Å². The van der Waals surface area contributed by atoms with Gasteiger partial charge in [0, 0.05) is 17.4 Å². The van der Waals surface area contributed by atoms with Gasteiger partial charge in [0.05, 0.1) is 13.0 Å². The predicted octanol–water partition coefficient (Wildman–Crippen LogP) is 5.96. The minimum absolute atomic E-state index is 0. The molecule has 0 aliphatic carbocycles. The number of carbonyl (C=O) groups is 1. The van der Waals surface area contributed by atoms with E-state index >= 15 is 0 Å². The molecule has 0 saturated heterocycles. The number of rotatable bonds is 8. The minimum atomic E-state index is -0.243. The molecule has 0 spiro atoms. The molecule has 0 radical (unpaired) electrons. The zero-order chi connectivity index (χ0) is 20.1. The third-order valence-electron chi connectivity index (χ3n) is 4.73. The molecule has 156 valence electrons. The van der Waals surface area contributed by atoms with Gasteiger partial charge in [-0.15, -0.1) is 0 Å². The van der Waals surface area contributed by atoms with Gasteiger partial charge in [-0.25, -0.2) is 0 Å². The highest BCUT2D eigenvalue weighted by atomic mass is 19.0. The van der Waals surface area contributed by atoms with Crippen LogP contribution in [0.25, 0.3) is 11.0 Å². The summed E-state index contributed by atoms with van der Waals surface area (Å²) >= 11 is 0. The van der Waals surface area contributed by atoms with Gasteiger partial charge < -0.3 is 13.9 Å². The van der Waals surface area contributed by atoms with Crippen molar-refractivity contribution in [1.29, 1.82) is 0 Å². The van der Waals surface area contributed by atoms with Gasteiger partial charge in [0.25, 0.3) is 0 Å². The monoisotopic (exact) mass is 400 g/mol. The molecule has 29 heavy (non-hydrogen) atoms. The van der Waals surface area contributed by atoms with E-state index in [1.54, 1.807) is 0 Å². The molecule has 0 aliphatic rings. The van der Waals surface area contributed by atoms with Gasteiger partial charge in [0.2, 0.25) is 0 Å². The standard InChI is InChI=1S/C24H28O4.FH/c1-5-20-13-19-11-17(12-21(16(3)4)24(19)28-20)15-27-22-10-8-7-9-18(22)14-23(25)26-6-2;/h7-13,16H,5-6,14-15H2,1-4H3;1H. The number of hydrogen-bond donors (Lipinski definition) is 0. The van der Waals surface area contributed by atoms with Gasteiger partial charge in [0.15, 0.2) is 0 Å². The zero-order valence-electron chi connectivity index (χ0n) is 17.5. The molecule has 0 fully saturated rings. The molecule has 0 amide bonds. The van der Waals surface area contributed by atoms with E-state index in [1.807, 2.05) is 31.2 Å². The van der Waals surface area contributed by atoms with Crippen molar-refractivity contribution in [2.75, 3.05) is 6.61 Å². The fourth-order valence-corrected chi connectivity index (χ4v) is 3.30. The Morgan fingerprint density at radius 1 is 1.10 bits per heavy atom. The fourth-order valence-electron chi connectivity index (χ4n) is 3.30. The van der Waals surface area contributed by atoms with Crippen LogP contribution in [0.3, 0.4) is 0 Å². The van der Waals surface area contributed by atoms with Gasteiger partial charge in [-0.2, -0.15) is 0 Å². The predicted molar refractivity (Wildman–Crippen MR) is 113 cm³/mol. The number of carbonyl (C=O) groups excluding carboxylic acids is 1. The van der Waals surface area contributed by atoms with E-state index in [4.69, 9.17) is 13.9 Å². The van der Waals surface area contributed by atoms with Crippen LogP contribution in [0.2, 0.25) is 0 Å². The maximum absolute atomic E-state index is 11.8. The van der Waals surface area contributed by atoms with Gasteiger partial charge >= 0.3 is 5.97 Å². The summed E-state index contributed by atoms with van der Waals surface area (Å²) < 4.78 is 17.2. The quantitative estimate of drug-likeness (QED) is 0.438. The van der Waals surface area contributed by atoms with Gasteiger partial charge in [-0.05, 0) is 48.2 Å². The molecular formula is C24H29FO4. The van der Waals surface area contributed by atoms with Crippen LogP contribution in [0.5, 0.6) is 5.75 Å². The Balaban J connectivity index is 0.00000300. The summed E-state index contributed by atoms with van der Waals surface area (Å²) in [6, 6.07) is 14.0. The van der Waals surface area contributed by atoms with Crippen molar-refractivity contribution in [3.8, 4) is 5.75 Å². The smallest absolute Gasteiger partial charge is 0.310 e. The van der Waals surface area contributed by atoms with Crippen molar-refractivity contribution in [2.45, 2.75) is 53.1 Å². The summed E-state index contributed by atoms with van der Waals surface area (Å²) in [6.45, 7) is 9.05. The van der Waals surface area contributed by atoms with Crippen LogP contribution >= 0.6 is 0 Å². The van der Waals surface area contributed by atoms with E-state index in [1.165, 1.54) is 5.56 Å². The third kappa shape index (κ3) is 5.37. The maximum atomic E-state index is 11.8. The van der Waals surface area contributed by atoms with E-state index in [0.29, 0.717) is 24.9 Å². The molecule has 2 aromatic carbocycles. The third-order valence-corrected chi connectivity index (χ3v) is 4.73. The number of fused-ring (bicyclic) bond motifs is 1. The fraction of sp³-hybridized carbons (Fsp3) is 0.375. The van der Waals surface area contributed by atoms with Crippen LogP contribution in [0.4, 0.5) is 4.70 Å². The second-order valence-electron chi connectivity index (χ2n) is 7.20. The average molecular weight is 400 g/mol. The van der Waals surface area contributed by atoms with E-state index in [0.717, 1.165) is 34.3 Å². The first-order chi connectivity index (χ1) is 13.5. The lowest BCUT2D eigenvalue weighted by molar-refractivity contribution is -0.142. The lowest BCUT2D eigenvalue weighted by atomic mass is 9.98. The van der Waals surface area contributed by atoms with Crippen molar-refractivity contribution in [3.63, 3.8) is 0 Å². The highest BCUT2D eigenvalue weighted by Gasteiger charge is 2.14. The summed E-state index contributed by atoms with van der Waals surface area (Å²) in [6.07, 6.45) is 1.08. The molecule has 0 unspecified atom stereocenters. The Kier molecular flexibility index (Phi) is 7.82. The molecule has 0 N–H and O–H groups in total. The van der Waals surface area contributed by atoms with Gasteiger partial charge in [-0.3, -0.25) is 9.50 Å². The molecule has 5 heteroatoms. The number of ether oxygens (including phenoxy) is 2. The molecule has 4 nitrogen and oxygen atoms in total. The minimum Gasteiger partial charge on any atom is -0.489 e. The average Bonchev–Trinajstić information content (AvgIpc) is 3.10. The van der Waals surface area contributed by atoms with Crippen LogP contribution in [0.15, 0.2) is 46.9 Å². The van der Waals surface area contributed by atoms with Crippen molar-refractivity contribution < 1.29 is 23.4 Å². The molecule has 0 aliphatic heterocycles. The van der Waals surface area contributed by atoms with Crippen molar-refractivity contribution in [3.05, 3.63) is 64.9 Å². The Bertz CT molecular complexity index is 959. The van der Waals surface area contributed by atoms with Crippen molar-refractivity contribution in [1.82, 2.24) is 0 Å². The van der Waals surface area contributed by atoms with E-state index in [2.05, 4.69) is 39.0 Å². The van der Waals surface area contributed by atoms with Gasteiger partial charge in [0.1, 0.15) is 23.7 Å². The number of hydrogen-bond acceptors (Lipinski definition) is 4. The second kappa shape index (κ2) is 10.1. The number of esters is 1. The molecule has 3 rings (SSSR count). The lowest BCUT2D eigenvalue weighted by Gasteiger charge is -2.13. The Morgan fingerprint density at radius 2 is 1.86 bits per heavy atom. The zero-order valence-corrected chi connectivity index (χ0v) is 17.5. The molecule has 0 atom stereocenters. The van der Waals surface area contributed by atoms with Crippen molar-refractivity contribution >= 4 is 16.9 Å². The number of para-hydroxylation sites is 1. The van der Waals surface area contributed by atoms with Crippen LogP contribution < -0.4 is 4.74 Å². The first-order valence-corrected chi connectivity index (χ1v) is 9.93. The summed E-state index contributed by atoms with van der Waals surface area (Å²) in [5, 5.41) is 1.11. The van der Waals surface area contributed by atoms with Crippen LogP contribution in [0, 0.1) is 0 Å². The van der Waals surface area contributed by atoms with Crippen LogP contribution in [-0.4, -0.2) is 12.6 Å². The van der Waals surface area contributed by atoms with Crippen LogP contribution in [0.1, 0.15) is 56.1 Å². The molecule has 1 aromatic heterocycles. The largest absolute Gasteiger partial charge is 0.489 e. The van der Waals surface area contributed by atoms with Gasteiger partial charge in [-0.1, -0.05) is 39.0 Å². The molecule has 0 saturated carbocycles. The highest BCUT2D eigenvalue weighted by Crippen LogP contribution is 2.31. The summed E-state index contributed by atoms with van der Waals surface area (Å²) in [5.74, 6) is 1.82. The second-order valence-corrected chi connectivity index (χ2v) is 7.20. The van der Waals surface area contributed by atoms with Crippen LogP contribution in [-0.2, 0) is 29.0 Å². The first-order valence-electron chi connectivity index (χ1n) is 9.93. The first kappa shape index (κ1) is 22.5. The summed E-state index contributed by atoms with van der Waals surface area (Å²) in [4.78, 5) is 11.8. The SMILES string of the molecule is CCOC(=O)Cc1ccccc1OCc1cc(C(C)C)c2oc(CC)cc2c1.F. The maximum Gasteiger partial charge on any atom is 0.310 e. The Labute approximate surface area is 171 Å². The number of benzene rings is 2. The molecule has 3 aromatic rings. The molecule has 1 heterocycles.